The van der Waals surface area contributed by atoms with E-state index in [1.54, 1.807) is 24.8 Å². The van der Waals surface area contributed by atoms with Gasteiger partial charge in [0.05, 0.1) is 19.9 Å². The lowest BCUT2D eigenvalue weighted by Gasteiger charge is -2.35. The summed E-state index contributed by atoms with van der Waals surface area (Å²) in [6, 6.07) is 11.3. The van der Waals surface area contributed by atoms with E-state index >= 15 is 0 Å². The van der Waals surface area contributed by atoms with Gasteiger partial charge in [-0.25, -0.2) is 18.7 Å². The first-order valence-corrected chi connectivity index (χ1v) is 16.2. The van der Waals surface area contributed by atoms with E-state index < -0.39 is 5.92 Å². The van der Waals surface area contributed by atoms with Gasteiger partial charge in [0, 0.05) is 63.3 Å². The first-order chi connectivity index (χ1) is 22.7. The Kier molecular flexibility index (Phi) is 8.01. The molecular formula is C34H40F2N8O3. The van der Waals surface area contributed by atoms with Gasteiger partial charge in [0.2, 0.25) is 0 Å². The number of piperidine rings is 2. The van der Waals surface area contributed by atoms with Gasteiger partial charge in [0.1, 0.15) is 40.8 Å². The Balaban J connectivity index is 1.21. The number of benzene rings is 1. The number of hydrogen-bond donors (Lipinski definition) is 2. The molecule has 0 bridgehead atoms. The van der Waals surface area contributed by atoms with Crippen LogP contribution in [-0.2, 0) is 6.54 Å². The number of fused-ring (bicyclic) bond motifs is 1. The van der Waals surface area contributed by atoms with Crippen molar-refractivity contribution in [3.63, 3.8) is 0 Å². The summed E-state index contributed by atoms with van der Waals surface area (Å²) in [6.07, 6.45) is 5.70. The van der Waals surface area contributed by atoms with Crippen molar-refractivity contribution >= 4 is 34.7 Å². The monoisotopic (exact) mass is 646 g/mol. The predicted molar refractivity (Wildman–Crippen MR) is 176 cm³/mol. The van der Waals surface area contributed by atoms with Crippen molar-refractivity contribution < 1.29 is 23.0 Å². The highest BCUT2D eigenvalue weighted by atomic mass is 19.3. The Morgan fingerprint density at radius 3 is 2.38 bits per heavy atom. The zero-order chi connectivity index (χ0) is 32.8. The number of amides is 1. The van der Waals surface area contributed by atoms with Crippen molar-refractivity contribution in [1.82, 2.24) is 19.6 Å². The number of nitrogens with zero attached hydrogens (tertiary/aromatic N) is 6. The molecule has 1 amide bonds. The molecule has 0 atom stereocenters. The molecule has 3 aromatic heterocycles. The number of ether oxygens (including phenoxy) is 2. The van der Waals surface area contributed by atoms with Crippen molar-refractivity contribution in [3.8, 4) is 11.5 Å². The largest absolute Gasteiger partial charge is 0.497 e. The predicted octanol–water partition coefficient (Wildman–Crippen LogP) is 5.93. The van der Waals surface area contributed by atoms with Gasteiger partial charge in [0.15, 0.2) is 5.65 Å². The van der Waals surface area contributed by atoms with Crippen LogP contribution in [0.2, 0.25) is 0 Å². The topological polar surface area (TPSA) is 109 Å². The molecule has 3 fully saturated rings. The summed E-state index contributed by atoms with van der Waals surface area (Å²) in [7, 11) is 3.24. The standard InChI is InChI=1S/C34H40F2N8O3/c1-22-16-27(40-29(17-22)43-14-10-34(35,36)11-15-43)41-32(45)30-25(42-12-8-33(6-7-33)9-13-42)19-28(44-31(30)38-21-39-44)37-20-23-4-5-24(46-2)18-26(23)47-3/h4-5,16-19,21,37H,6-15,20H2,1-3H3,(H,40,41,45). The molecule has 2 saturated heterocycles. The average molecular weight is 647 g/mol. The smallest absolute Gasteiger partial charge is 0.262 e. The van der Waals surface area contributed by atoms with Gasteiger partial charge in [-0.3, -0.25) is 4.79 Å². The first kappa shape index (κ1) is 30.9. The van der Waals surface area contributed by atoms with E-state index in [2.05, 4.69) is 30.6 Å². The molecule has 13 heteroatoms. The Bertz CT molecular complexity index is 1790. The van der Waals surface area contributed by atoms with Crippen LogP contribution in [0.25, 0.3) is 5.65 Å². The van der Waals surface area contributed by atoms with E-state index in [1.165, 1.54) is 19.2 Å². The molecule has 0 unspecified atom stereocenters. The van der Waals surface area contributed by atoms with Crippen LogP contribution in [0.1, 0.15) is 60.0 Å². The fourth-order valence-electron chi connectivity index (χ4n) is 6.76. The number of anilines is 4. The van der Waals surface area contributed by atoms with Crippen LogP contribution in [0, 0.1) is 12.3 Å². The number of aromatic nitrogens is 4. The summed E-state index contributed by atoms with van der Waals surface area (Å²) in [5, 5.41) is 11.0. The second-order valence-electron chi connectivity index (χ2n) is 13.0. The molecule has 1 spiro atoms. The van der Waals surface area contributed by atoms with E-state index in [1.807, 2.05) is 42.2 Å². The molecule has 4 aromatic rings. The Morgan fingerprint density at radius 2 is 1.68 bits per heavy atom. The van der Waals surface area contributed by atoms with Crippen LogP contribution in [0.15, 0.2) is 42.7 Å². The Morgan fingerprint density at radius 1 is 0.936 bits per heavy atom. The lowest BCUT2D eigenvalue weighted by Crippen LogP contribution is -2.39. The summed E-state index contributed by atoms with van der Waals surface area (Å²) in [5.41, 5.74) is 3.84. The van der Waals surface area contributed by atoms with Crippen LogP contribution < -0.4 is 29.9 Å². The van der Waals surface area contributed by atoms with Crippen LogP contribution >= 0.6 is 0 Å². The van der Waals surface area contributed by atoms with Crippen molar-refractivity contribution in [3.05, 3.63) is 59.4 Å². The maximum Gasteiger partial charge on any atom is 0.262 e. The average Bonchev–Trinajstić information content (AvgIpc) is 3.62. The summed E-state index contributed by atoms with van der Waals surface area (Å²) in [5.74, 6) is -0.00985. The zero-order valence-corrected chi connectivity index (χ0v) is 27.0. The van der Waals surface area contributed by atoms with Gasteiger partial charge < -0.3 is 29.9 Å². The van der Waals surface area contributed by atoms with Crippen molar-refractivity contribution in [2.45, 2.75) is 57.9 Å². The molecule has 5 heterocycles. The van der Waals surface area contributed by atoms with Crippen LogP contribution in [-0.4, -0.2) is 71.8 Å². The minimum Gasteiger partial charge on any atom is -0.497 e. The third-order valence-corrected chi connectivity index (χ3v) is 9.85. The van der Waals surface area contributed by atoms with Gasteiger partial charge in [-0.1, -0.05) is 0 Å². The van der Waals surface area contributed by atoms with E-state index in [9.17, 15) is 13.6 Å². The molecule has 0 radical (unpaired) electrons. The highest BCUT2D eigenvalue weighted by molar-refractivity contribution is 6.12. The van der Waals surface area contributed by atoms with E-state index in [0.29, 0.717) is 52.1 Å². The highest BCUT2D eigenvalue weighted by Crippen LogP contribution is 2.54. The highest BCUT2D eigenvalue weighted by Gasteiger charge is 2.45. The Hall–Kier alpha value is -4.68. The number of methoxy groups -OCH3 is 2. The van der Waals surface area contributed by atoms with Crippen LogP contribution in [0.4, 0.5) is 31.9 Å². The van der Waals surface area contributed by atoms with Gasteiger partial charge in [-0.05, 0) is 67.9 Å². The fraction of sp³-hybridized carbons (Fsp3) is 0.471. The fourth-order valence-corrected chi connectivity index (χ4v) is 6.76. The summed E-state index contributed by atoms with van der Waals surface area (Å²) >= 11 is 0. The summed E-state index contributed by atoms with van der Waals surface area (Å²) in [6.45, 7) is 4.42. The number of hydrogen-bond acceptors (Lipinski definition) is 9. The van der Waals surface area contributed by atoms with Crippen molar-refractivity contribution in [2.24, 2.45) is 5.41 Å². The molecule has 47 heavy (non-hydrogen) atoms. The maximum atomic E-state index is 14.2. The third-order valence-electron chi connectivity index (χ3n) is 9.85. The minimum absolute atomic E-state index is 0.203. The van der Waals surface area contributed by atoms with Gasteiger partial charge in [-0.2, -0.15) is 9.61 Å². The van der Waals surface area contributed by atoms with Gasteiger partial charge in [-0.15, -0.1) is 0 Å². The summed E-state index contributed by atoms with van der Waals surface area (Å²) < 4.78 is 40.3. The number of nitrogens with one attached hydrogen (secondary N) is 2. The van der Waals surface area contributed by atoms with E-state index in [4.69, 9.17) is 9.47 Å². The number of halogens is 2. The van der Waals surface area contributed by atoms with Crippen LogP contribution in [0.3, 0.4) is 0 Å². The summed E-state index contributed by atoms with van der Waals surface area (Å²) in [4.78, 5) is 27.6. The number of rotatable bonds is 9. The lowest BCUT2D eigenvalue weighted by molar-refractivity contribution is -0.0221. The third kappa shape index (κ3) is 6.35. The first-order valence-electron chi connectivity index (χ1n) is 16.2. The number of carbonyl (C=O) groups is 1. The molecule has 2 aliphatic heterocycles. The van der Waals surface area contributed by atoms with Crippen LogP contribution in [0.5, 0.6) is 11.5 Å². The zero-order valence-electron chi connectivity index (χ0n) is 27.0. The molecule has 2 N–H and O–H groups in total. The molecule has 3 aliphatic rings. The molecule has 1 saturated carbocycles. The maximum absolute atomic E-state index is 14.2. The lowest BCUT2D eigenvalue weighted by atomic mass is 9.93. The van der Waals surface area contributed by atoms with Gasteiger partial charge in [0.25, 0.3) is 11.8 Å². The van der Waals surface area contributed by atoms with Crippen molar-refractivity contribution in [2.75, 3.05) is 60.8 Å². The molecule has 7 rings (SSSR count). The number of carbonyl (C=O) groups excluding carboxylic acids is 1. The molecule has 1 aliphatic carbocycles. The molecule has 248 valence electrons. The number of alkyl halides is 2. The Labute approximate surface area is 272 Å². The molecule has 11 nitrogen and oxygen atoms in total. The van der Waals surface area contributed by atoms with Gasteiger partial charge >= 0.3 is 0 Å². The van der Waals surface area contributed by atoms with Crippen molar-refractivity contribution in [1.29, 1.82) is 0 Å². The SMILES string of the molecule is COc1ccc(CNc2cc(N3CCC4(CC3)CC4)c(C(=O)Nc3cc(C)cc(N4CCC(F)(F)CC4)n3)c3ncnn23)c(OC)c1. The van der Waals surface area contributed by atoms with E-state index in [-0.39, 0.29) is 31.8 Å². The second-order valence-corrected chi connectivity index (χ2v) is 13.0. The second kappa shape index (κ2) is 12.2. The van der Waals surface area contributed by atoms with E-state index in [0.717, 1.165) is 42.7 Å². The molecular weight excluding hydrogens is 606 g/mol. The molecule has 1 aromatic carbocycles. The number of pyridine rings is 2. The number of aryl methyl sites for hydroxylation is 1. The minimum atomic E-state index is -2.66. The quantitative estimate of drug-likeness (QED) is 0.229. The normalized spacial score (nSPS) is 18.3.